The molecule has 0 saturated carbocycles. The Kier molecular flexibility index (Phi) is 3.01. The van der Waals surface area contributed by atoms with E-state index in [1.165, 1.54) is 4.90 Å². The van der Waals surface area contributed by atoms with Crippen LogP contribution in [0, 0.1) is 0 Å². The molecule has 0 bridgehead atoms. The molecule has 0 radical (unpaired) electrons. The van der Waals surface area contributed by atoms with Gasteiger partial charge in [0.15, 0.2) is 0 Å². The molecule has 0 spiro atoms. The lowest BCUT2D eigenvalue weighted by Gasteiger charge is -2.38. The van der Waals surface area contributed by atoms with Crippen molar-refractivity contribution in [3.63, 3.8) is 0 Å². The first-order valence-electron chi connectivity index (χ1n) is 6.83. The van der Waals surface area contributed by atoms with E-state index in [-0.39, 0.29) is 12.1 Å². The molecule has 0 aromatic heterocycles. The van der Waals surface area contributed by atoms with Crippen molar-refractivity contribution < 1.29 is 14.3 Å². The third-order valence-electron chi connectivity index (χ3n) is 4.03. The molecular formula is C15H18N2O3. The van der Waals surface area contributed by atoms with Crippen LogP contribution < -0.4 is 9.80 Å². The minimum atomic E-state index is -0.458. The van der Waals surface area contributed by atoms with Gasteiger partial charge in [-0.25, -0.2) is 0 Å². The SMILES string of the molecule is CC1CN(c2ccc3c(c2)N(C)C(=O)C3=O)C(C)CO1. The van der Waals surface area contributed by atoms with E-state index < -0.39 is 11.7 Å². The number of rotatable bonds is 1. The third-order valence-corrected chi connectivity index (χ3v) is 4.03. The van der Waals surface area contributed by atoms with Crippen molar-refractivity contribution in [2.75, 3.05) is 30.0 Å². The van der Waals surface area contributed by atoms with E-state index in [1.54, 1.807) is 13.1 Å². The number of anilines is 2. The number of hydrogen-bond donors (Lipinski definition) is 0. The zero-order valence-corrected chi connectivity index (χ0v) is 11.9. The van der Waals surface area contributed by atoms with Crippen molar-refractivity contribution in [1.82, 2.24) is 0 Å². The average molecular weight is 274 g/mol. The number of hydrogen-bond acceptors (Lipinski definition) is 4. The van der Waals surface area contributed by atoms with Crippen LogP contribution in [0.25, 0.3) is 0 Å². The quantitative estimate of drug-likeness (QED) is 0.727. The lowest BCUT2D eigenvalue weighted by molar-refractivity contribution is -0.114. The molecule has 2 atom stereocenters. The van der Waals surface area contributed by atoms with Crippen molar-refractivity contribution in [3.8, 4) is 0 Å². The topological polar surface area (TPSA) is 49.9 Å². The van der Waals surface area contributed by atoms with E-state index in [9.17, 15) is 9.59 Å². The number of amides is 1. The molecule has 3 rings (SSSR count). The van der Waals surface area contributed by atoms with Crippen molar-refractivity contribution >= 4 is 23.1 Å². The van der Waals surface area contributed by atoms with Crippen LogP contribution in [0.4, 0.5) is 11.4 Å². The summed E-state index contributed by atoms with van der Waals surface area (Å²) >= 11 is 0. The Hall–Kier alpha value is -1.88. The summed E-state index contributed by atoms with van der Waals surface area (Å²) in [5, 5.41) is 0. The van der Waals surface area contributed by atoms with E-state index in [1.807, 2.05) is 19.1 Å². The summed E-state index contributed by atoms with van der Waals surface area (Å²) in [5.41, 5.74) is 2.22. The van der Waals surface area contributed by atoms with E-state index in [4.69, 9.17) is 4.74 Å². The molecule has 0 N–H and O–H groups in total. The molecule has 5 heteroatoms. The summed E-state index contributed by atoms with van der Waals surface area (Å²) < 4.78 is 5.63. The number of ether oxygens (including phenoxy) is 1. The monoisotopic (exact) mass is 274 g/mol. The first-order chi connectivity index (χ1) is 9.49. The molecule has 2 heterocycles. The van der Waals surface area contributed by atoms with Crippen LogP contribution in [-0.4, -0.2) is 44.0 Å². The Morgan fingerprint density at radius 1 is 1.25 bits per heavy atom. The number of carbonyl (C=O) groups excluding carboxylic acids is 2. The van der Waals surface area contributed by atoms with Gasteiger partial charge in [0.2, 0.25) is 0 Å². The molecule has 2 aliphatic rings. The highest BCUT2D eigenvalue weighted by Gasteiger charge is 2.34. The summed E-state index contributed by atoms with van der Waals surface area (Å²) in [6.45, 7) is 5.65. The van der Waals surface area contributed by atoms with Crippen molar-refractivity contribution in [1.29, 1.82) is 0 Å². The Labute approximate surface area is 118 Å². The van der Waals surface area contributed by atoms with Gasteiger partial charge in [-0.3, -0.25) is 9.59 Å². The second-order valence-electron chi connectivity index (χ2n) is 5.54. The number of likely N-dealkylation sites (N-methyl/N-ethyl adjacent to an activating group) is 1. The smallest absolute Gasteiger partial charge is 0.299 e. The summed E-state index contributed by atoms with van der Waals surface area (Å²) in [5.74, 6) is -0.877. The van der Waals surface area contributed by atoms with Gasteiger partial charge in [-0.15, -0.1) is 0 Å². The van der Waals surface area contributed by atoms with Crippen molar-refractivity contribution in [2.45, 2.75) is 26.0 Å². The lowest BCUT2D eigenvalue weighted by Crippen LogP contribution is -2.47. The zero-order valence-electron chi connectivity index (χ0n) is 11.9. The van der Waals surface area contributed by atoms with Gasteiger partial charge in [0.1, 0.15) is 0 Å². The maximum Gasteiger partial charge on any atom is 0.299 e. The number of Topliss-reactive ketones (excluding diaryl/α,β-unsaturated/α-hetero) is 1. The number of ketones is 1. The fourth-order valence-electron chi connectivity index (χ4n) is 2.81. The summed E-state index contributed by atoms with van der Waals surface area (Å²) in [4.78, 5) is 27.2. The second-order valence-corrected chi connectivity index (χ2v) is 5.54. The first kappa shape index (κ1) is 13.1. The number of carbonyl (C=O) groups is 2. The predicted molar refractivity (Wildman–Crippen MR) is 76.4 cm³/mol. The average Bonchev–Trinajstić information content (AvgIpc) is 2.66. The molecule has 1 aromatic carbocycles. The van der Waals surface area contributed by atoms with Gasteiger partial charge in [0.05, 0.1) is 24.0 Å². The fraction of sp³-hybridized carbons (Fsp3) is 0.467. The number of nitrogens with zero attached hydrogens (tertiary/aromatic N) is 2. The Balaban J connectivity index is 1.97. The van der Waals surface area contributed by atoms with Gasteiger partial charge in [-0.1, -0.05) is 0 Å². The molecule has 1 saturated heterocycles. The standard InChI is InChI=1S/C15H18N2O3/c1-9-8-20-10(2)7-17(9)11-4-5-12-13(6-11)16(3)15(19)14(12)18/h4-6,9-10H,7-8H2,1-3H3. The van der Waals surface area contributed by atoms with Crippen molar-refractivity contribution in [3.05, 3.63) is 23.8 Å². The molecule has 20 heavy (non-hydrogen) atoms. The highest BCUT2D eigenvalue weighted by molar-refractivity contribution is 6.52. The van der Waals surface area contributed by atoms with Crippen LogP contribution in [0.1, 0.15) is 24.2 Å². The van der Waals surface area contributed by atoms with Crippen LogP contribution in [-0.2, 0) is 9.53 Å². The van der Waals surface area contributed by atoms with E-state index in [2.05, 4.69) is 11.8 Å². The maximum absolute atomic E-state index is 11.8. The molecule has 106 valence electrons. The molecule has 2 aliphatic heterocycles. The largest absolute Gasteiger partial charge is 0.375 e. The molecule has 0 aliphatic carbocycles. The van der Waals surface area contributed by atoms with Crippen LogP contribution >= 0.6 is 0 Å². The minimum absolute atomic E-state index is 0.181. The highest BCUT2D eigenvalue weighted by Crippen LogP contribution is 2.33. The molecule has 1 fully saturated rings. The normalized spacial score (nSPS) is 26.1. The van der Waals surface area contributed by atoms with Crippen molar-refractivity contribution in [2.24, 2.45) is 0 Å². The van der Waals surface area contributed by atoms with Crippen LogP contribution in [0.3, 0.4) is 0 Å². The molecule has 5 nitrogen and oxygen atoms in total. The van der Waals surface area contributed by atoms with Crippen LogP contribution in [0.5, 0.6) is 0 Å². The van der Waals surface area contributed by atoms with Crippen LogP contribution in [0.15, 0.2) is 18.2 Å². The van der Waals surface area contributed by atoms with Gasteiger partial charge >= 0.3 is 0 Å². The summed E-state index contributed by atoms with van der Waals surface area (Å²) in [6.07, 6.45) is 0.181. The number of benzene rings is 1. The van der Waals surface area contributed by atoms with E-state index in [0.717, 1.165) is 12.2 Å². The summed E-state index contributed by atoms with van der Waals surface area (Å²) in [7, 11) is 1.64. The lowest BCUT2D eigenvalue weighted by atomic mass is 10.1. The van der Waals surface area contributed by atoms with E-state index in [0.29, 0.717) is 17.9 Å². The Morgan fingerprint density at radius 3 is 2.75 bits per heavy atom. The predicted octanol–water partition coefficient (Wildman–Crippen LogP) is 1.46. The maximum atomic E-state index is 11.8. The van der Waals surface area contributed by atoms with Gasteiger partial charge in [0, 0.05) is 25.3 Å². The number of morpholine rings is 1. The second kappa shape index (κ2) is 4.59. The van der Waals surface area contributed by atoms with Gasteiger partial charge < -0.3 is 14.5 Å². The Morgan fingerprint density at radius 2 is 2.00 bits per heavy atom. The Bertz CT molecular complexity index is 584. The van der Waals surface area contributed by atoms with Gasteiger partial charge in [-0.2, -0.15) is 0 Å². The van der Waals surface area contributed by atoms with Crippen LogP contribution in [0.2, 0.25) is 0 Å². The molecule has 1 aromatic rings. The first-order valence-corrected chi connectivity index (χ1v) is 6.83. The molecular weight excluding hydrogens is 256 g/mol. The van der Waals surface area contributed by atoms with E-state index >= 15 is 0 Å². The fourth-order valence-corrected chi connectivity index (χ4v) is 2.81. The molecule has 1 amide bonds. The van der Waals surface area contributed by atoms with Gasteiger partial charge in [-0.05, 0) is 32.0 Å². The highest BCUT2D eigenvalue weighted by atomic mass is 16.5. The number of fused-ring (bicyclic) bond motifs is 1. The minimum Gasteiger partial charge on any atom is -0.375 e. The summed E-state index contributed by atoms with van der Waals surface area (Å²) in [6, 6.07) is 5.87. The zero-order chi connectivity index (χ0) is 14.4. The van der Waals surface area contributed by atoms with Gasteiger partial charge in [0.25, 0.3) is 11.7 Å². The third kappa shape index (κ3) is 1.89. The molecule has 2 unspecified atom stereocenters.